The quantitative estimate of drug-likeness (QED) is 0.468. The highest BCUT2D eigenvalue weighted by Crippen LogP contribution is 2.48. The SMILES string of the molecule is O=C(N[C@H]1CC[C@H](CN2C(=O)C3(CN(C(=O)c4ncccn4)C3)c3ccccc32)CC1)c1cc(Cl)cnc1C(F)F. The van der Waals surface area contributed by atoms with E-state index in [1.54, 1.807) is 11.0 Å². The van der Waals surface area contributed by atoms with Gasteiger partial charge in [0.05, 0.1) is 10.6 Å². The number of anilines is 1. The van der Waals surface area contributed by atoms with Gasteiger partial charge in [0.1, 0.15) is 11.1 Å². The van der Waals surface area contributed by atoms with Crippen LogP contribution < -0.4 is 10.2 Å². The van der Waals surface area contributed by atoms with Crippen LogP contribution in [0.3, 0.4) is 0 Å². The van der Waals surface area contributed by atoms with Crippen LogP contribution >= 0.6 is 11.6 Å². The van der Waals surface area contributed by atoms with Crippen LogP contribution in [0.4, 0.5) is 14.5 Å². The van der Waals surface area contributed by atoms with Gasteiger partial charge in [-0.05, 0) is 55.4 Å². The Labute approximate surface area is 239 Å². The van der Waals surface area contributed by atoms with E-state index in [4.69, 9.17) is 11.6 Å². The van der Waals surface area contributed by atoms with Crippen LogP contribution in [-0.2, 0) is 10.2 Å². The van der Waals surface area contributed by atoms with Crippen LogP contribution in [0.1, 0.15) is 64.3 Å². The van der Waals surface area contributed by atoms with Gasteiger partial charge in [-0.3, -0.25) is 19.4 Å². The number of rotatable bonds is 6. The van der Waals surface area contributed by atoms with Gasteiger partial charge in [-0.1, -0.05) is 29.8 Å². The first-order chi connectivity index (χ1) is 19.8. The van der Waals surface area contributed by atoms with Gasteiger partial charge in [0.25, 0.3) is 18.2 Å². The van der Waals surface area contributed by atoms with Gasteiger partial charge < -0.3 is 15.1 Å². The first kappa shape index (κ1) is 27.2. The molecule has 1 aromatic carbocycles. The fourth-order valence-electron chi connectivity index (χ4n) is 6.20. The second-order valence-corrected chi connectivity index (χ2v) is 11.3. The Balaban J connectivity index is 1.09. The Morgan fingerprint density at radius 3 is 2.46 bits per heavy atom. The van der Waals surface area contributed by atoms with Gasteiger partial charge >= 0.3 is 0 Å². The lowest BCUT2D eigenvalue weighted by molar-refractivity contribution is -0.128. The standard InChI is InChI=1S/C29H27ClF2N6O3/c30-18-12-20(23(24(31)32)35-13-18)26(39)36-19-8-6-17(7-9-19)14-38-22-5-2-1-4-21(22)29(28(38)41)15-37(16-29)27(40)25-33-10-3-11-34-25/h1-5,10-13,17,19,24H,6-9,14-16H2,(H,36,39)/t17-,19-. The maximum absolute atomic E-state index is 13.8. The van der Waals surface area contributed by atoms with Gasteiger partial charge in [0.15, 0.2) is 0 Å². The average Bonchev–Trinajstić information content (AvgIpc) is 3.20. The first-order valence-electron chi connectivity index (χ1n) is 13.5. The minimum absolute atomic E-state index is 0.0138. The molecule has 2 fully saturated rings. The smallest absolute Gasteiger partial charge is 0.291 e. The summed E-state index contributed by atoms with van der Waals surface area (Å²) in [6.07, 6.45) is 4.08. The maximum atomic E-state index is 13.8. The molecule has 9 nitrogen and oxygen atoms in total. The molecular weight excluding hydrogens is 554 g/mol. The van der Waals surface area contributed by atoms with Crippen molar-refractivity contribution in [2.24, 2.45) is 5.92 Å². The van der Waals surface area contributed by atoms with E-state index in [2.05, 4.69) is 20.3 Å². The van der Waals surface area contributed by atoms with Gasteiger partial charge in [0.2, 0.25) is 11.7 Å². The number of halogens is 3. The van der Waals surface area contributed by atoms with Gasteiger partial charge in [-0.15, -0.1) is 0 Å². The Hall–Kier alpha value is -3.99. The summed E-state index contributed by atoms with van der Waals surface area (Å²) in [4.78, 5) is 54.6. The van der Waals surface area contributed by atoms with Crippen LogP contribution in [0, 0.1) is 5.92 Å². The van der Waals surface area contributed by atoms with Crippen LogP contribution in [0.5, 0.6) is 0 Å². The number of carbonyl (C=O) groups excluding carboxylic acids is 3. The third-order valence-electron chi connectivity index (χ3n) is 8.29. The van der Waals surface area contributed by atoms with Gasteiger partial charge in [-0.25, -0.2) is 18.7 Å². The zero-order valence-electron chi connectivity index (χ0n) is 22.0. The summed E-state index contributed by atoms with van der Waals surface area (Å²) in [6.45, 7) is 1.07. The molecular formula is C29H27ClF2N6O3. The van der Waals surface area contributed by atoms with E-state index in [0.717, 1.165) is 30.3 Å². The Morgan fingerprint density at radius 1 is 1.05 bits per heavy atom. The molecule has 0 bridgehead atoms. The van der Waals surface area contributed by atoms with Crippen molar-refractivity contribution in [1.82, 2.24) is 25.2 Å². The summed E-state index contributed by atoms with van der Waals surface area (Å²) in [5, 5.41) is 2.97. The molecule has 41 heavy (non-hydrogen) atoms. The van der Waals surface area contributed by atoms with E-state index >= 15 is 0 Å². The summed E-state index contributed by atoms with van der Waals surface area (Å²) in [5.41, 5.74) is 0.205. The predicted octanol–water partition coefficient (Wildman–Crippen LogP) is 4.19. The molecule has 6 rings (SSSR count). The minimum Gasteiger partial charge on any atom is -0.349 e. The normalized spacial score (nSPS) is 21.1. The number of aromatic nitrogens is 3. The summed E-state index contributed by atoms with van der Waals surface area (Å²) in [5.74, 6) is -0.613. The van der Waals surface area contributed by atoms with Crippen molar-refractivity contribution < 1.29 is 23.2 Å². The lowest BCUT2D eigenvalue weighted by Gasteiger charge is -2.46. The van der Waals surface area contributed by atoms with Crippen LogP contribution in [-0.4, -0.2) is 63.2 Å². The minimum atomic E-state index is -2.89. The molecule has 1 saturated heterocycles. The third-order valence-corrected chi connectivity index (χ3v) is 8.50. The number of nitrogens with zero attached hydrogens (tertiary/aromatic N) is 5. The van der Waals surface area contributed by atoms with Crippen LogP contribution in [0.25, 0.3) is 0 Å². The molecule has 0 unspecified atom stereocenters. The highest BCUT2D eigenvalue weighted by Gasteiger charge is 2.59. The Kier molecular flexibility index (Phi) is 7.14. The average molecular weight is 581 g/mol. The van der Waals surface area contributed by atoms with E-state index in [9.17, 15) is 23.2 Å². The van der Waals surface area contributed by atoms with E-state index < -0.39 is 23.4 Å². The predicted molar refractivity (Wildman–Crippen MR) is 146 cm³/mol. The molecule has 3 aliphatic rings. The molecule has 212 valence electrons. The van der Waals surface area contributed by atoms with Crippen LogP contribution in [0.2, 0.25) is 5.02 Å². The van der Waals surface area contributed by atoms with E-state index in [1.165, 1.54) is 18.5 Å². The van der Waals surface area contributed by atoms with Crippen molar-refractivity contribution in [3.05, 3.63) is 82.7 Å². The van der Waals surface area contributed by atoms with Crippen LogP contribution in [0.15, 0.2) is 55.0 Å². The zero-order valence-corrected chi connectivity index (χ0v) is 22.7. The lowest BCUT2D eigenvalue weighted by Crippen LogP contribution is -2.65. The topological polar surface area (TPSA) is 108 Å². The lowest BCUT2D eigenvalue weighted by atomic mass is 9.74. The molecule has 12 heteroatoms. The summed E-state index contributed by atoms with van der Waals surface area (Å²) < 4.78 is 26.7. The van der Waals surface area contributed by atoms with E-state index in [-0.39, 0.29) is 53.3 Å². The number of amides is 3. The van der Waals surface area contributed by atoms with Crippen molar-refractivity contribution in [2.45, 2.75) is 43.6 Å². The molecule has 2 aliphatic heterocycles. The summed E-state index contributed by atoms with van der Waals surface area (Å²) in [6, 6.07) is 10.4. The van der Waals surface area contributed by atoms with Gasteiger partial charge in [0, 0.05) is 50.0 Å². The highest BCUT2D eigenvalue weighted by atomic mass is 35.5. The van der Waals surface area contributed by atoms with Crippen molar-refractivity contribution in [1.29, 1.82) is 0 Å². The molecule has 1 spiro atoms. The number of carbonyl (C=O) groups is 3. The molecule has 0 atom stereocenters. The number of para-hydroxylation sites is 1. The molecule has 4 heterocycles. The number of likely N-dealkylation sites (tertiary alicyclic amines) is 1. The third kappa shape index (κ3) is 4.92. The molecule has 2 aromatic heterocycles. The first-order valence-corrected chi connectivity index (χ1v) is 13.9. The van der Waals surface area contributed by atoms with Crippen molar-refractivity contribution in [3.63, 3.8) is 0 Å². The second kappa shape index (κ2) is 10.8. The van der Waals surface area contributed by atoms with Crippen molar-refractivity contribution in [2.75, 3.05) is 24.5 Å². The second-order valence-electron chi connectivity index (χ2n) is 10.8. The molecule has 3 amide bonds. The molecule has 0 radical (unpaired) electrons. The summed E-state index contributed by atoms with van der Waals surface area (Å²) in [7, 11) is 0. The zero-order chi connectivity index (χ0) is 28.7. The summed E-state index contributed by atoms with van der Waals surface area (Å²) >= 11 is 5.90. The van der Waals surface area contributed by atoms with Gasteiger partial charge in [-0.2, -0.15) is 0 Å². The van der Waals surface area contributed by atoms with Crippen molar-refractivity contribution in [3.8, 4) is 0 Å². The molecule has 3 aromatic rings. The number of nitrogens with one attached hydrogen (secondary N) is 1. The van der Waals surface area contributed by atoms with E-state index in [1.807, 2.05) is 29.2 Å². The Bertz CT molecular complexity index is 1490. The monoisotopic (exact) mass is 580 g/mol. The maximum Gasteiger partial charge on any atom is 0.291 e. The number of hydrogen-bond acceptors (Lipinski definition) is 6. The Morgan fingerprint density at radius 2 is 1.76 bits per heavy atom. The fourth-order valence-corrected chi connectivity index (χ4v) is 6.36. The van der Waals surface area contributed by atoms with Crippen molar-refractivity contribution >= 4 is 35.0 Å². The number of pyridine rings is 1. The highest BCUT2D eigenvalue weighted by molar-refractivity contribution is 6.30. The number of fused-ring (bicyclic) bond motifs is 2. The molecule has 1 aliphatic carbocycles. The number of benzene rings is 1. The largest absolute Gasteiger partial charge is 0.349 e. The number of alkyl halides is 2. The number of hydrogen-bond donors (Lipinski definition) is 1. The molecule has 1 saturated carbocycles. The molecule has 1 N–H and O–H groups in total. The van der Waals surface area contributed by atoms with E-state index in [0.29, 0.717) is 19.4 Å². The fraction of sp³-hybridized carbons (Fsp3) is 0.379.